The number of fused-ring (bicyclic) bond motifs is 3. The first kappa shape index (κ1) is 21.6. The van der Waals surface area contributed by atoms with E-state index in [4.69, 9.17) is 0 Å². The van der Waals surface area contributed by atoms with Gasteiger partial charge in [-0.05, 0) is 63.4 Å². The van der Waals surface area contributed by atoms with E-state index in [1.165, 1.54) is 62.4 Å². The van der Waals surface area contributed by atoms with Gasteiger partial charge < -0.3 is 0 Å². The number of hydrogen-bond donors (Lipinski definition) is 0. The minimum absolute atomic E-state index is 0.884. The molecule has 0 radical (unpaired) electrons. The molecule has 0 spiro atoms. The Morgan fingerprint density at radius 3 is 1.94 bits per heavy atom. The Morgan fingerprint density at radius 1 is 0.629 bits per heavy atom. The van der Waals surface area contributed by atoms with Gasteiger partial charge in [0.1, 0.15) is 13.1 Å². The predicted octanol–water partition coefficient (Wildman–Crippen LogP) is 7.67. The minimum atomic E-state index is 0.884. The lowest BCUT2D eigenvalue weighted by Gasteiger charge is -2.08. The standard InChI is InChI=1S/C33H31N2/c1-2-3-16-33-34(23-25-17-19-27-10-4-6-12-29(27)21-25)31-14-8-9-15-32(31)35(33)24-26-18-20-28-11-5-7-13-30(28)22-26/h4-15,17-22H,2-3,16,23-24H2,1H3/q+1. The van der Waals surface area contributed by atoms with Crippen molar-refractivity contribution in [1.29, 1.82) is 0 Å². The van der Waals surface area contributed by atoms with Crippen molar-refractivity contribution in [2.24, 2.45) is 0 Å². The molecular weight excluding hydrogens is 424 g/mol. The van der Waals surface area contributed by atoms with E-state index < -0.39 is 0 Å². The molecule has 0 saturated heterocycles. The molecule has 6 aromatic rings. The van der Waals surface area contributed by atoms with Crippen molar-refractivity contribution in [2.45, 2.75) is 39.3 Å². The van der Waals surface area contributed by atoms with E-state index in [9.17, 15) is 0 Å². The van der Waals surface area contributed by atoms with Crippen molar-refractivity contribution >= 4 is 32.6 Å². The maximum absolute atomic E-state index is 2.55. The molecule has 0 amide bonds. The number of hydrogen-bond acceptors (Lipinski definition) is 0. The summed E-state index contributed by atoms with van der Waals surface area (Å²) in [4.78, 5) is 0. The van der Waals surface area contributed by atoms with Crippen LogP contribution in [-0.4, -0.2) is 4.57 Å². The summed E-state index contributed by atoms with van der Waals surface area (Å²) in [5, 5.41) is 5.21. The highest BCUT2D eigenvalue weighted by Crippen LogP contribution is 2.22. The van der Waals surface area contributed by atoms with Crippen LogP contribution in [0.4, 0.5) is 0 Å². The maximum Gasteiger partial charge on any atom is 0.257 e. The van der Waals surface area contributed by atoms with Crippen LogP contribution in [-0.2, 0) is 19.5 Å². The summed E-state index contributed by atoms with van der Waals surface area (Å²) in [6, 6.07) is 40.0. The first-order chi connectivity index (χ1) is 17.3. The Bertz CT molecular complexity index is 1520. The number of rotatable bonds is 7. The third kappa shape index (κ3) is 4.21. The number of unbranched alkanes of at least 4 members (excludes halogenated alkanes) is 1. The topological polar surface area (TPSA) is 8.81 Å². The molecule has 0 aliphatic carbocycles. The second kappa shape index (κ2) is 9.38. The third-order valence-electron chi connectivity index (χ3n) is 7.15. The lowest BCUT2D eigenvalue weighted by atomic mass is 10.1. The van der Waals surface area contributed by atoms with E-state index in [0.717, 1.165) is 19.5 Å². The van der Waals surface area contributed by atoms with Gasteiger partial charge >= 0.3 is 0 Å². The third-order valence-corrected chi connectivity index (χ3v) is 7.15. The van der Waals surface area contributed by atoms with Crippen LogP contribution >= 0.6 is 0 Å². The zero-order valence-electron chi connectivity index (χ0n) is 20.3. The van der Waals surface area contributed by atoms with Gasteiger partial charge in [0.05, 0.1) is 0 Å². The molecule has 0 atom stereocenters. The molecule has 35 heavy (non-hydrogen) atoms. The van der Waals surface area contributed by atoms with Crippen LogP contribution in [0.1, 0.15) is 36.7 Å². The smallest absolute Gasteiger partial charge is 0.223 e. The van der Waals surface area contributed by atoms with Gasteiger partial charge in [0.15, 0.2) is 11.0 Å². The zero-order valence-corrected chi connectivity index (χ0v) is 20.3. The molecule has 0 N–H and O–H groups in total. The van der Waals surface area contributed by atoms with E-state index in [0.29, 0.717) is 0 Å². The lowest BCUT2D eigenvalue weighted by molar-refractivity contribution is -0.671. The SMILES string of the molecule is CCCCc1n(Cc2ccc3ccccc3c2)c2ccccc2[n+]1Cc1ccc2ccccc2c1. The first-order valence-electron chi connectivity index (χ1n) is 12.8. The van der Waals surface area contributed by atoms with Crippen molar-refractivity contribution in [3.63, 3.8) is 0 Å². The van der Waals surface area contributed by atoms with Crippen LogP contribution in [0.5, 0.6) is 0 Å². The number of benzene rings is 5. The minimum Gasteiger partial charge on any atom is -0.223 e. The first-order valence-corrected chi connectivity index (χ1v) is 12.8. The molecule has 5 aromatic carbocycles. The average molecular weight is 456 g/mol. The van der Waals surface area contributed by atoms with Crippen molar-refractivity contribution in [1.82, 2.24) is 4.57 Å². The molecule has 6 rings (SSSR count). The lowest BCUT2D eigenvalue weighted by Crippen LogP contribution is -2.38. The van der Waals surface area contributed by atoms with E-state index in [-0.39, 0.29) is 0 Å². The molecule has 2 heteroatoms. The summed E-state index contributed by atoms with van der Waals surface area (Å²) in [6.45, 7) is 4.05. The van der Waals surface area contributed by atoms with Crippen LogP contribution in [0.25, 0.3) is 32.6 Å². The van der Waals surface area contributed by atoms with E-state index in [1.807, 2.05) is 0 Å². The van der Waals surface area contributed by atoms with Gasteiger partial charge in [0.2, 0.25) is 0 Å². The molecule has 2 nitrogen and oxygen atoms in total. The molecule has 1 heterocycles. The second-order valence-corrected chi connectivity index (χ2v) is 9.54. The summed E-state index contributed by atoms with van der Waals surface area (Å²) in [5.74, 6) is 1.41. The Balaban J connectivity index is 1.46. The number of para-hydroxylation sites is 2. The highest BCUT2D eigenvalue weighted by atomic mass is 15.2. The molecule has 0 saturated carbocycles. The number of nitrogens with zero attached hydrogens (tertiary/aromatic N) is 2. The fourth-order valence-electron chi connectivity index (χ4n) is 5.34. The normalized spacial score (nSPS) is 11.6. The largest absolute Gasteiger partial charge is 0.257 e. The molecule has 0 aliphatic rings. The maximum atomic E-state index is 2.55. The van der Waals surface area contributed by atoms with Gasteiger partial charge in [0.25, 0.3) is 5.82 Å². The van der Waals surface area contributed by atoms with E-state index in [1.54, 1.807) is 0 Å². The van der Waals surface area contributed by atoms with Gasteiger partial charge in [-0.25, -0.2) is 9.13 Å². The van der Waals surface area contributed by atoms with Crippen molar-refractivity contribution < 1.29 is 4.57 Å². The van der Waals surface area contributed by atoms with Crippen LogP contribution in [0, 0.1) is 0 Å². The van der Waals surface area contributed by atoms with Crippen molar-refractivity contribution in [2.75, 3.05) is 0 Å². The summed E-state index contributed by atoms with van der Waals surface area (Å²) >= 11 is 0. The van der Waals surface area contributed by atoms with Crippen molar-refractivity contribution in [3.05, 3.63) is 126 Å². The van der Waals surface area contributed by atoms with Crippen molar-refractivity contribution in [3.8, 4) is 0 Å². The summed E-state index contributed by atoms with van der Waals surface area (Å²) in [6.07, 6.45) is 3.45. The Hall–Kier alpha value is -3.91. The fourth-order valence-corrected chi connectivity index (χ4v) is 5.34. The predicted molar refractivity (Wildman–Crippen MR) is 147 cm³/mol. The van der Waals surface area contributed by atoms with Gasteiger partial charge in [-0.2, -0.15) is 0 Å². The monoisotopic (exact) mass is 455 g/mol. The number of imidazole rings is 1. The Kier molecular flexibility index (Phi) is 5.79. The summed E-state index contributed by atoms with van der Waals surface area (Å²) in [7, 11) is 0. The van der Waals surface area contributed by atoms with Gasteiger partial charge in [-0.3, -0.25) is 0 Å². The second-order valence-electron chi connectivity index (χ2n) is 9.54. The zero-order chi connectivity index (χ0) is 23.6. The summed E-state index contributed by atoms with van der Waals surface area (Å²) < 4.78 is 5.10. The van der Waals surface area contributed by atoms with Gasteiger partial charge in [-0.15, -0.1) is 0 Å². The molecule has 172 valence electrons. The quantitative estimate of drug-likeness (QED) is 0.218. The van der Waals surface area contributed by atoms with E-state index in [2.05, 4.69) is 125 Å². The Labute approximate surface area is 207 Å². The van der Waals surface area contributed by atoms with E-state index >= 15 is 0 Å². The molecule has 1 aromatic heterocycles. The van der Waals surface area contributed by atoms with Crippen LogP contribution in [0.3, 0.4) is 0 Å². The molecule has 0 bridgehead atoms. The van der Waals surface area contributed by atoms with Gasteiger partial charge in [0, 0.05) is 6.42 Å². The van der Waals surface area contributed by atoms with Crippen LogP contribution in [0.15, 0.2) is 109 Å². The van der Waals surface area contributed by atoms with Crippen LogP contribution < -0.4 is 4.57 Å². The highest BCUT2D eigenvalue weighted by molar-refractivity contribution is 5.84. The molecule has 0 fully saturated rings. The molecular formula is C33H31N2+. The van der Waals surface area contributed by atoms with Crippen LogP contribution in [0.2, 0.25) is 0 Å². The molecule has 0 unspecified atom stereocenters. The van der Waals surface area contributed by atoms with Gasteiger partial charge in [-0.1, -0.05) is 98.3 Å². The Morgan fingerprint density at radius 2 is 1.23 bits per heavy atom. The summed E-state index contributed by atoms with van der Waals surface area (Å²) in [5.41, 5.74) is 5.32. The fraction of sp³-hybridized carbons (Fsp3) is 0.182. The number of aromatic nitrogens is 2. The molecule has 0 aliphatic heterocycles. The highest BCUT2D eigenvalue weighted by Gasteiger charge is 2.24. The average Bonchev–Trinajstić information content (AvgIpc) is 3.19.